The summed E-state index contributed by atoms with van der Waals surface area (Å²) in [5, 5.41) is 4.78. The van der Waals surface area contributed by atoms with Crippen LogP contribution in [0.15, 0.2) is 92.9 Å². The number of halogens is 1. The lowest BCUT2D eigenvalue weighted by Crippen LogP contribution is -2.16. The van der Waals surface area contributed by atoms with Crippen molar-refractivity contribution in [3.8, 4) is 5.75 Å². The van der Waals surface area contributed by atoms with Crippen molar-refractivity contribution in [3.63, 3.8) is 0 Å². The van der Waals surface area contributed by atoms with Crippen molar-refractivity contribution in [3.05, 3.63) is 100 Å². The van der Waals surface area contributed by atoms with E-state index in [1.807, 2.05) is 18.2 Å². The van der Waals surface area contributed by atoms with Crippen LogP contribution in [0.3, 0.4) is 0 Å². The molecule has 7 heteroatoms. The molecule has 1 amide bonds. The molecule has 30 heavy (non-hydrogen) atoms. The number of nitrogens with one attached hydrogen (secondary N) is 1. The first-order valence-corrected chi connectivity index (χ1v) is 9.77. The van der Waals surface area contributed by atoms with Gasteiger partial charge in [-0.15, -0.1) is 0 Å². The minimum Gasteiger partial charge on any atom is -0.451 e. The number of ether oxygens (including phenoxy) is 1. The summed E-state index contributed by atoms with van der Waals surface area (Å²) in [4.78, 5) is 24.3. The van der Waals surface area contributed by atoms with Crippen LogP contribution in [-0.4, -0.2) is 18.1 Å². The van der Waals surface area contributed by atoms with Crippen LogP contribution >= 0.6 is 15.9 Å². The molecule has 0 aliphatic rings. The Hall–Kier alpha value is -3.71. The van der Waals surface area contributed by atoms with E-state index >= 15 is 0 Å². The lowest BCUT2D eigenvalue weighted by Gasteiger charge is -2.04. The minimum atomic E-state index is -0.443. The Labute approximate surface area is 180 Å². The molecule has 4 aromatic rings. The average molecular weight is 463 g/mol. The van der Waals surface area contributed by atoms with Gasteiger partial charge in [0.05, 0.1) is 11.8 Å². The smallest absolute Gasteiger partial charge is 0.343 e. The van der Waals surface area contributed by atoms with Gasteiger partial charge < -0.3 is 9.15 Å². The first-order valence-electron chi connectivity index (χ1n) is 8.98. The molecule has 6 nitrogen and oxygen atoms in total. The number of hydrogen-bond donors (Lipinski definition) is 1. The molecule has 1 aromatic heterocycles. The topological polar surface area (TPSA) is 80.9 Å². The first-order chi connectivity index (χ1) is 14.6. The SMILES string of the molecule is O=C(Oc1ccc(/C=N/NC(=O)c2cc3ccccc3o2)cc1)c1ccc(Br)cc1. The molecule has 0 atom stereocenters. The van der Waals surface area contributed by atoms with Crippen LogP contribution in [0.4, 0.5) is 0 Å². The van der Waals surface area contributed by atoms with Gasteiger partial charge in [-0.05, 0) is 66.2 Å². The Morgan fingerprint density at radius 1 is 0.967 bits per heavy atom. The number of nitrogens with zero attached hydrogens (tertiary/aromatic N) is 1. The third-order valence-electron chi connectivity index (χ3n) is 4.20. The summed E-state index contributed by atoms with van der Waals surface area (Å²) in [5.74, 6) is -0.292. The van der Waals surface area contributed by atoms with Crippen molar-refractivity contribution in [1.82, 2.24) is 5.43 Å². The van der Waals surface area contributed by atoms with Crippen LogP contribution in [0.2, 0.25) is 0 Å². The maximum Gasteiger partial charge on any atom is 0.343 e. The van der Waals surface area contributed by atoms with Gasteiger partial charge in [-0.1, -0.05) is 34.1 Å². The second kappa shape index (κ2) is 8.75. The third kappa shape index (κ3) is 4.64. The van der Waals surface area contributed by atoms with E-state index in [0.717, 1.165) is 15.4 Å². The Balaban J connectivity index is 1.34. The van der Waals surface area contributed by atoms with Crippen LogP contribution in [0, 0.1) is 0 Å². The second-order valence-electron chi connectivity index (χ2n) is 6.31. The molecule has 148 valence electrons. The molecular formula is C23H15BrN2O4. The minimum absolute atomic E-state index is 0.184. The Bertz CT molecular complexity index is 1200. The van der Waals surface area contributed by atoms with Crippen LogP contribution in [-0.2, 0) is 0 Å². The van der Waals surface area contributed by atoms with Crippen molar-refractivity contribution in [2.75, 3.05) is 0 Å². The molecule has 0 bridgehead atoms. The van der Waals surface area contributed by atoms with Crippen molar-refractivity contribution >= 4 is 45.0 Å². The number of fused-ring (bicyclic) bond motifs is 1. The van der Waals surface area contributed by atoms with Crippen LogP contribution in [0.25, 0.3) is 11.0 Å². The molecule has 4 rings (SSSR count). The van der Waals surface area contributed by atoms with E-state index in [9.17, 15) is 9.59 Å². The zero-order chi connectivity index (χ0) is 20.9. The number of rotatable bonds is 5. The van der Waals surface area contributed by atoms with Gasteiger partial charge >= 0.3 is 11.9 Å². The van der Waals surface area contributed by atoms with E-state index < -0.39 is 11.9 Å². The summed E-state index contributed by atoms with van der Waals surface area (Å²) in [6, 6.07) is 22.7. The number of esters is 1. The summed E-state index contributed by atoms with van der Waals surface area (Å²) in [7, 11) is 0. The zero-order valence-electron chi connectivity index (χ0n) is 15.5. The fourth-order valence-electron chi connectivity index (χ4n) is 2.69. The maximum absolute atomic E-state index is 12.2. The second-order valence-corrected chi connectivity index (χ2v) is 7.23. The third-order valence-corrected chi connectivity index (χ3v) is 4.73. The number of furan rings is 1. The Morgan fingerprint density at radius 3 is 2.43 bits per heavy atom. The maximum atomic E-state index is 12.2. The molecule has 1 N–H and O–H groups in total. The lowest BCUT2D eigenvalue weighted by atomic mass is 10.2. The van der Waals surface area contributed by atoms with E-state index in [-0.39, 0.29) is 5.76 Å². The van der Waals surface area contributed by atoms with Crippen molar-refractivity contribution < 1.29 is 18.7 Å². The van der Waals surface area contributed by atoms with Gasteiger partial charge in [0.1, 0.15) is 11.3 Å². The number of hydrazone groups is 1. The quantitative estimate of drug-likeness (QED) is 0.192. The van der Waals surface area contributed by atoms with Gasteiger partial charge in [-0.25, -0.2) is 10.2 Å². The molecule has 0 fully saturated rings. The van der Waals surface area contributed by atoms with E-state index in [1.54, 1.807) is 60.7 Å². The Morgan fingerprint density at radius 2 is 1.70 bits per heavy atom. The molecule has 0 radical (unpaired) electrons. The van der Waals surface area contributed by atoms with E-state index in [4.69, 9.17) is 9.15 Å². The van der Waals surface area contributed by atoms with Crippen molar-refractivity contribution in [1.29, 1.82) is 0 Å². The van der Waals surface area contributed by atoms with Gasteiger partial charge in [0.25, 0.3) is 0 Å². The summed E-state index contributed by atoms with van der Waals surface area (Å²) >= 11 is 3.32. The summed E-state index contributed by atoms with van der Waals surface area (Å²) in [6.07, 6.45) is 1.49. The number of carbonyl (C=O) groups excluding carboxylic acids is 2. The molecule has 3 aromatic carbocycles. The van der Waals surface area contributed by atoms with E-state index in [0.29, 0.717) is 16.9 Å². The molecular weight excluding hydrogens is 448 g/mol. The van der Waals surface area contributed by atoms with Gasteiger partial charge in [0.15, 0.2) is 5.76 Å². The van der Waals surface area contributed by atoms with Crippen LogP contribution in [0.5, 0.6) is 5.75 Å². The van der Waals surface area contributed by atoms with E-state index in [2.05, 4.69) is 26.5 Å². The van der Waals surface area contributed by atoms with Crippen molar-refractivity contribution in [2.45, 2.75) is 0 Å². The highest BCUT2D eigenvalue weighted by Gasteiger charge is 2.11. The van der Waals surface area contributed by atoms with Gasteiger partial charge in [0, 0.05) is 9.86 Å². The molecule has 0 spiro atoms. The lowest BCUT2D eigenvalue weighted by molar-refractivity contribution is 0.0734. The number of carbonyl (C=O) groups is 2. The predicted octanol–water partition coefficient (Wildman–Crippen LogP) is 5.18. The summed E-state index contributed by atoms with van der Waals surface area (Å²) in [5.41, 5.74) is 4.25. The molecule has 0 unspecified atom stereocenters. The average Bonchev–Trinajstić information content (AvgIpc) is 3.20. The molecule has 0 aliphatic carbocycles. The largest absolute Gasteiger partial charge is 0.451 e. The van der Waals surface area contributed by atoms with Crippen LogP contribution in [0.1, 0.15) is 26.5 Å². The van der Waals surface area contributed by atoms with E-state index in [1.165, 1.54) is 6.21 Å². The summed E-state index contributed by atoms with van der Waals surface area (Å²) in [6.45, 7) is 0. The predicted molar refractivity (Wildman–Crippen MR) is 117 cm³/mol. The van der Waals surface area contributed by atoms with Crippen molar-refractivity contribution in [2.24, 2.45) is 5.10 Å². The molecule has 0 saturated heterocycles. The fraction of sp³-hybridized carbons (Fsp3) is 0. The number of para-hydroxylation sites is 1. The highest BCUT2D eigenvalue weighted by atomic mass is 79.9. The monoisotopic (exact) mass is 462 g/mol. The Kier molecular flexibility index (Phi) is 5.72. The summed E-state index contributed by atoms with van der Waals surface area (Å²) < 4.78 is 11.7. The standard InChI is InChI=1S/C23H15BrN2O4/c24-18-9-7-16(8-10-18)23(28)29-19-11-5-15(6-12-19)14-25-26-22(27)21-13-17-3-1-2-4-20(17)30-21/h1-14H,(H,26,27)/b25-14+. The normalized spacial score (nSPS) is 11.0. The molecule has 1 heterocycles. The first kappa shape index (κ1) is 19.6. The number of benzene rings is 3. The highest BCUT2D eigenvalue weighted by Crippen LogP contribution is 2.19. The molecule has 0 saturated carbocycles. The van der Waals surface area contributed by atoms with Gasteiger partial charge in [-0.2, -0.15) is 5.10 Å². The van der Waals surface area contributed by atoms with Gasteiger partial charge in [-0.3, -0.25) is 4.79 Å². The molecule has 0 aliphatic heterocycles. The van der Waals surface area contributed by atoms with Gasteiger partial charge in [0.2, 0.25) is 0 Å². The number of amides is 1. The number of hydrogen-bond acceptors (Lipinski definition) is 5. The zero-order valence-corrected chi connectivity index (χ0v) is 17.1. The van der Waals surface area contributed by atoms with Crippen LogP contribution < -0.4 is 10.2 Å². The highest BCUT2D eigenvalue weighted by molar-refractivity contribution is 9.10. The fourth-order valence-corrected chi connectivity index (χ4v) is 2.95.